The molecule has 1 atom stereocenters. The lowest BCUT2D eigenvalue weighted by atomic mass is 9.82. The summed E-state index contributed by atoms with van der Waals surface area (Å²) >= 11 is 0. The van der Waals surface area contributed by atoms with E-state index in [2.05, 4.69) is 23.6 Å². The van der Waals surface area contributed by atoms with E-state index in [0.717, 1.165) is 45.6 Å². The summed E-state index contributed by atoms with van der Waals surface area (Å²) in [7, 11) is 0. The predicted octanol–water partition coefficient (Wildman–Crippen LogP) is 1.14. The zero-order valence-electron chi connectivity index (χ0n) is 12.8. The highest BCUT2D eigenvalue weighted by molar-refractivity contribution is 5.75. The van der Waals surface area contributed by atoms with Gasteiger partial charge in [0.15, 0.2) is 0 Å². The van der Waals surface area contributed by atoms with E-state index in [0.29, 0.717) is 25.7 Å². The number of hydrogen-bond acceptors (Lipinski definition) is 4. The maximum atomic E-state index is 11.6. The van der Waals surface area contributed by atoms with Crippen LogP contribution >= 0.6 is 0 Å². The van der Waals surface area contributed by atoms with E-state index in [-0.39, 0.29) is 0 Å². The molecule has 0 spiro atoms. The zero-order chi connectivity index (χ0) is 14.6. The molecular weight excluding hydrogens is 256 g/mol. The van der Waals surface area contributed by atoms with Crippen LogP contribution in [0.3, 0.4) is 0 Å². The molecule has 2 aliphatic heterocycles. The van der Waals surface area contributed by atoms with Crippen molar-refractivity contribution in [3.63, 3.8) is 0 Å². The monoisotopic (exact) mass is 284 g/mol. The van der Waals surface area contributed by atoms with E-state index in [1.807, 2.05) is 0 Å². The molecule has 5 nitrogen and oxygen atoms in total. The van der Waals surface area contributed by atoms with Crippen molar-refractivity contribution in [2.24, 2.45) is 11.3 Å². The first kappa shape index (κ1) is 15.7. The van der Waals surface area contributed by atoms with Crippen molar-refractivity contribution in [3.8, 4) is 0 Å². The summed E-state index contributed by atoms with van der Waals surface area (Å²) in [5.74, 6) is 0.000432. The van der Waals surface area contributed by atoms with Gasteiger partial charge in [0.1, 0.15) is 5.41 Å². The van der Waals surface area contributed by atoms with E-state index in [1.165, 1.54) is 0 Å². The van der Waals surface area contributed by atoms with Gasteiger partial charge in [-0.05, 0) is 18.8 Å². The van der Waals surface area contributed by atoms with Gasteiger partial charge in [-0.25, -0.2) is 0 Å². The predicted molar refractivity (Wildman–Crippen MR) is 77.8 cm³/mol. The van der Waals surface area contributed by atoms with Crippen molar-refractivity contribution in [2.75, 3.05) is 52.5 Å². The minimum atomic E-state index is -0.693. The largest absolute Gasteiger partial charge is 0.481 e. The first-order valence-electron chi connectivity index (χ1n) is 7.78. The first-order valence-corrected chi connectivity index (χ1v) is 7.78. The molecule has 0 aromatic heterocycles. The second kappa shape index (κ2) is 6.87. The van der Waals surface area contributed by atoms with Crippen LogP contribution in [0.5, 0.6) is 0 Å². The van der Waals surface area contributed by atoms with Crippen molar-refractivity contribution in [1.82, 2.24) is 9.80 Å². The third-order valence-corrected chi connectivity index (χ3v) is 4.39. The van der Waals surface area contributed by atoms with Gasteiger partial charge in [0, 0.05) is 45.9 Å². The maximum absolute atomic E-state index is 11.6. The summed E-state index contributed by atoms with van der Waals surface area (Å²) in [6, 6.07) is 0. The van der Waals surface area contributed by atoms with Crippen LogP contribution in [0, 0.1) is 11.3 Å². The molecule has 0 saturated carbocycles. The molecule has 0 radical (unpaired) electrons. The Morgan fingerprint density at radius 1 is 1.25 bits per heavy atom. The van der Waals surface area contributed by atoms with Crippen LogP contribution in [0.15, 0.2) is 0 Å². The number of rotatable bonds is 5. The Labute approximate surface area is 121 Å². The summed E-state index contributed by atoms with van der Waals surface area (Å²) in [6.07, 6.45) is 1.61. The molecule has 2 aliphatic rings. The van der Waals surface area contributed by atoms with Gasteiger partial charge in [-0.3, -0.25) is 9.69 Å². The quantitative estimate of drug-likeness (QED) is 0.820. The van der Waals surface area contributed by atoms with Crippen molar-refractivity contribution in [1.29, 1.82) is 0 Å². The molecule has 0 aromatic rings. The molecule has 2 fully saturated rings. The Morgan fingerprint density at radius 3 is 2.40 bits per heavy atom. The second-order valence-corrected chi connectivity index (χ2v) is 6.71. The smallest absolute Gasteiger partial charge is 0.313 e. The van der Waals surface area contributed by atoms with Crippen LogP contribution < -0.4 is 0 Å². The number of carboxylic acids is 1. The van der Waals surface area contributed by atoms with Crippen molar-refractivity contribution < 1.29 is 14.6 Å². The first-order chi connectivity index (χ1) is 9.52. The summed E-state index contributed by atoms with van der Waals surface area (Å²) in [6.45, 7) is 11.4. The topological polar surface area (TPSA) is 53.0 Å². The van der Waals surface area contributed by atoms with Crippen LogP contribution in [-0.2, 0) is 9.53 Å². The molecule has 0 amide bonds. The SMILES string of the molecule is CC(C)CN1CCN(CC2(C(=O)O)CCCOC2)CC1. The molecule has 2 rings (SSSR count). The van der Waals surface area contributed by atoms with Crippen molar-refractivity contribution >= 4 is 5.97 Å². The van der Waals surface area contributed by atoms with Gasteiger partial charge in [0.05, 0.1) is 6.61 Å². The minimum absolute atomic E-state index is 0.370. The number of carbonyl (C=O) groups is 1. The molecule has 20 heavy (non-hydrogen) atoms. The van der Waals surface area contributed by atoms with Gasteiger partial charge >= 0.3 is 5.97 Å². The van der Waals surface area contributed by atoms with Gasteiger partial charge < -0.3 is 14.7 Å². The Balaban J connectivity index is 1.85. The summed E-state index contributed by atoms with van der Waals surface area (Å²) in [5, 5.41) is 9.57. The van der Waals surface area contributed by atoms with E-state index in [1.54, 1.807) is 0 Å². The van der Waals surface area contributed by atoms with Crippen LogP contribution in [0.25, 0.3) is 0 Å². The van der Waals surface area contributed by atoms with Gasteiger partial charge in [-0.2, -0.15) is 0 Å². The van der Waals surface area contributed by atoms with Crippen molar-refractivity contribution in [2.45, 2.75) is 26.7 Å². The molecular formula is C15H28N2O3. The van der Waals surface area contributed by atoms with Gasteiger partial charge in [-0.15, -0.1) is 0 Å². The van der Waals surface area contributed by atoms with Gasteiger partial charge in [0.2, 0.25) is 0 Å². The summed E-state index contributed by atoms with van der Waals surface area (Å²) in [5.41, 5.74) is -0.682. The number of aliphatic carboxylic acids is 1. The minimum Gasteiger partial charge on any atom is -0.481 e. The van der Waals surface area contributed by atoms with E-state index < -0.39 is 11.4 Å². The molecule has 0 aliphatic carbocycles. The highest BCUT2D eigenvalue weighted by Crippen LogP contribution is 2.30. The highest BCUT2D eigenvalue weighted by Gasteiger charge is 2.42. The van der Waals surface area contributed by atoms with Gasteiger partial charge in [0.25, 0.3) is 0 Å². The standard InChI is InChI=1S/C15H28N2O3/c1-13(2)10-16-5-7-17(8-6-16)11-15(14(18)19)4-3-9-20-12-15/h13H,3-12H2,1-2H3,(H,18,19). The van der Waals surface area contributed by atoms with Crippen LogP contribution in [0.4, 0.5) is 0 Å². The third kappa shape index (κ3) is 3.93. The normalized spacial score (nSPS) is 29.8. The number of carboxylic acid groups (broad SMARTS) is 1. The Kier molecular flexibility index (Phi) is 5.41. The molecule has 2 saturated heterocycles. The molecule has 2 heterocycles. The van der Waals surface area contributed by atoms with Crippen LogP contribution in [-0.4, -0.2) is 73.4 Å². The van der Waals surface area contributed by atoms with Crippen molar-refractivity contribution in [3.05, 3.63) is 0 Å². The van der Waals surface area contributed by atoms with E-state index in [9.17, 15) is 9.90 Å². The molecule has 1 unspecified atom stereocenters. The Hall–Kier alpha value is -0.650. The lowest BCUT2D eigenvalue weighted by molar-refractivity contribution is -0.159. The zero-order valence-corrected chi connectivity index (χ0v) is 12.8. The lowest BCUT2D eigenvalue weighted by Gasteiger charge is -2.41. The fourth-order valence-corrected chi connectivity index (χ4v) is 3.29. The van der Waals surface area contributed by atoms with Crippen LogP contribution in [0.2, 0.25) is 0 Å². The molecule has 0 bridgehead atoms. The van der Waals surface area contributed by atoms with Crippen LogP contribution in [0.1, 0.15) is 26.7 Å². The number of piperazine rings is 1. The second-order valence-electron chi connectivity index (χ2n) is 6.71. The average molecular weight is 284 g/mol. The fourth-order valence-electron chi connectivity index (χ4n) is 3.29. The summed E-state index contributed by atoms with van der Waals surface area (Å²) in [4.78, 5) is 16.4. The van der Waals surface area contributed by atoms with Gasteiger partial charge in [-0.1, -0.05) is 13.8 Å². The number of ether oxygens (including phenoxy) is 1. The van der Waals surface area contributed by atoms with E-state index in [4.69, 9.17) is 4.74 Å². The lowest BCUT2D eigenvalue weighted by Crippen LogP contribution is -2.54. The maximum Gasteiger partial charge on any atom is 0.313 e. The summed E-state index contributed by atoms with van der Waals surface area (Å²) < 4.78 is 5.44. The third-order valence-electron chi connectivity index (χ3n) is 4.39. The Bertz CT molecular complexity index is 319. The molecule has 5 heteroatoms. The van der Waals surface area contributed by atoms with E-state index >= 15 is 0 Å². The molecule has 0 aromatic carbocycles. The Morgan fingerprint density at radius 2 is 1.90 bits per heavy atom. The number of nitrogens with zero attached hydrogens (tertiary/aromatic N) is 2. The average Bonchev–Trinajstić information content (AvgIpc) is 2.41. The molecule has 116 valence electrons. The highest BCUT2D eigenvalue weighted by atomic mass is 16.5. The molecule has 1 N–H and O–H groups in total. The number of hydrogen-bond donors (Lipinski definition) is 1. The fraction of sp³-hybridized carbons (Fsp3) is 0.933.